The Hall–Kier alpha value is -1.45. The number of carboxylic acid groups (broad SMARTS) is 1. The first kappa shape index (κ1) is 21.6. The Kier molecular flexibility index (Phi) is 9.70. The van der Waals surface area contributed by atoms with E-state index in [0.29, 0.717) is 11.6 Å². The smallest absolute Gasteiger partial charge is 0.475 e. The zero-order valence-electron chi connectivity index (χ0n) is 12.0. The quantitative estimate of drug-likeness (QED) is 0.609. The number of benzene rings is 1. The maximum absolute atomic E-state index is 11.1. The summed E-state index contributed by atoms with van der Waals surface area (Å²) < 4.78 is 36.3. The summed E-state index contributed by atoms with van der Waals surface area (Å²) in [7, 11) is 1.37. The van der Waals surface area contributed by atoms with Crippen LogP contribution in [0, 0.1) is 0 Å². The van der Waals surface area contributed by atoms with Gasteiger partial charge in [-0.3, -0.25) is 4.79 Å². The molecule has 0 spiro atoms. The van der Waals surface area contributed by atoms with E-state index in [1.807, 2.05) is 12.1 Å². The van der Waals surface area contributed by atoms with Crippen LogP contribution in [0.3, 0.4) is 0 Å². The molecule has 0 atom stereocenters. The molecule has 0 aliphatic carbocycles. The molecule has 0 bridgehead atoms. The Morgan fingerprint density at radius 1 is 1.39 bits per heavy atom. The number of alkyl halides is 3. The number of carbonyl (C=O) groups excluding carboxylic acids is 1. The maximum Gasteiger partial charge on any atom is 0.490 e. The highest BCUT2D eigenvalue weighted by molar-refractivity contribution is 7.99. The van der Waals surface area contributed by atoms with Crippen molar-refractivity contribution in [1.29, 1.82) is 0 Å². The first-order chi connectivity index (χ1) is 10.6. The molecule has 3 N–H and O–H groups in total. The van der Waals surface area contributed by atoms with Crippen LogP contribution in [-0.4, -0.2) is 42.6 Å². The molecule has 1 aromatic carbocycles. The van der Waals surface area contributed by atoms with Crippen LogP contribution in [-0.2, 0) is 20.7 Å². The van der Waals surface area contributed by atoms with E-state index in [9.17, 15) is 18.0 Å². The minimum Gasteiger partial charge on any atom is -0.475 e. The zero-order valence-corrected chi connectivity index (χ0v) is 13.6. The Morgan fingerprint density at radius 3 is 2.35 bits per heavy atom. The van der Waals surface area contributed by atoms with E-state index in [-0.39, 0.29) is 12.4 Å². The predicted molar refractivity (Wildman–Crippen MR) is 80.6 cm³/mol. The first-order valence-electron chi connectivity index (χ1n) is 6.10. The molecule has 0 heterocycles. The molecule has 1 rings (SSSR count). The molecule has 10 heteroatoms. The van der Waals surface area contributed by atoms with Crippen LogP contribution in [0.4, 0.5) is 13.2 Å². The first-order valence-corrected chi connectivity index (χ1v) is 7.46. The Morgan fingerprint density at radius 2 is 1.96 bits per heavy atom. The number of halogens is 4. The minimum absolute atomic E-state index is 0.248. The van der Waals surface area contributed by atoms with E-state index in [2.05, 4.69) is 4.74 Å². The molecule has 0 saturated carbocycles. The van der Waals surface area contributed by atoms with Crippen molar-refractivity contribution in [3.8, 4) is 0 Å². The van der Waals surface area contributed by atoms with E-state index >= 15 is 0 Å². The minimum atomic E-state index is -5.08. The lowest BCUT2D eigenvalue weighted by molar-refractivity contribution is -0.192. The number of thioether (sulfide) groups is 1. The van der Waals surface area contributed by atoms with Gasteiger partial charge in [0.2, 0.25) is 0 Å². The molecule has 130 valence electrons. The monoisotopic (exact) mass is 373 g/mol. The van der Waals surface area contributed by atoms with Crippen LogP contribution in [0.2, 0.25) is 5.02 Å². The maximum atomic E-state index is 11.1. The van der Waals surface area contributed by atoms with Crippen molar-refractivity contribution in [2.24, 2.45) is 5.73 Å². The molecule has 0 aliphatic rings. The Bertz CT molecular complexity index is 540. The van der Waals surface area contributed by atoms with Gasteiger partial charge in [-0.2, -0.15) is 13.2 Å². The molecule has 0 amide bonds. The number of carbonyl (C=O) groups is 2. The molecule has 0 fully saturated rings. The van der Waals surface area contributed by atoms with Crippen molar-refractivity contribution in [3.05, 3.63) is 28.8 Å². The molecule has 5 nitrogen and oxygen atoms in total. The van der Waals surface area contributed by atoms with Crippen molar-refractivity contribution in [2.75, 3.05) is 19.4 Å². The fourth-order valence-corrected chi connectivity index (χ4v) is 2.24. The predicted octanol–water partition coefficient (Wildman–Crippen LogP) is 2.74. The summed E-state index contributed by atoms with van der Waals surface area (Å²) in [5.74, 6) is -2.19. The van der Waals surface area contributed by atoms with Gasteiger partial charge in [0, 0.05) is 17.2 Å². The lowest BCUT2D eigenvalue weighted by Gasteiger charge is -2.05. The van der Waals surface area contributed by atoms with Gasteiger partial charge in [0.1, 0.15) is 0 Å². The molecule has 1 aromatic rings. The number of hydrogen-bond acceptors (Lipinski definition) is 5. The van der Waals surface area contributed by atoms with E-state index in [1.165, 1.54) is 7.11 Å². The molecule has 0 aliphatic heterocycles. The standard InChI is InChI=1S/C11H14ClNO2S.C2HF3O2/c1-15-11(14)7-8-2-3-10(9(12)6-8)16-5-4-13;3-2(4,5)1(6)7/h2-3,6H,4-5,7,13H2,1H3;(H,6,7). The van der Waals surface area contributed by atoms with Crippen LogP contribution in [0.25, 0.3) is 0 Å². The van der Waals surface area contributed by atoms with Gasteiger partial charge in [0.15, 0.2) is 0 Å². The van der Waals surface area contributed by atoms with Crippen molar-refractivity contribution in [3.63, 3.8) is 0 Å². The fourth-order valence-electron chi connectivity index (χ4n) is 1.18. The highest BCUT2D eigenvalue weighted by atomic mass is 35.5. The molecule has 0 aromatic heterocycles. The van der Waals surface area contributed by atoms with Gasteiger partial charge in [-0.05, 0) is 17.7 Å². The van der Waals surface area contributed by atoms with Crippen LogP contribution in [0.5, 0.6) is 0 Å². The average molecular weight is 374 g/mol. The largest absolute Gasteiger partial charge is 0.490 e. The number of carboxylic acids is 1. The van der Waals surface area contributed by atoms with Gasteiger partial charge in [-0.25, -0.2) is 4.79 Å². The van der Waals surface area contributed by atoms with Crippen LogP contribution >= 0.6 is 23.4 Å². The van der Waals surface area contributed by atoms with Crippen molar-refractivity contribution < 1.29 is 32.6 Å². The van der Waals surface area contributed by atoms with Crippen molar-refractivity contribution in [2.45, 2.75) is 17.5 Å². The lowest BCUT2D eigenvalue weighted by Crippen LogP contribution is -2.21. The number of aliphatic carboxylic acids is 1. The number of nitrogens with two attached hydrogens (primary N) is 1. The van der Waals surface area contributed by atoms with Gasteiger partial charge in [-0.15, -0.1) is 11.8 Å². The number of esters is 1. The van der Waals surface area contributed by atoms with Crippen LogP contribution in [0.15, 0.2) is 23.1 Å². The molecular formula is C13H15ClF3NO4S. The third-order valence-corrected chi connectivity index (χ3v) is 3.72. The molecule has 0 unspecified atom stereocenters. The van der Waals surface area contributed by atoms with Crippen LogP contribution < -0.4 is 5.73 Å². The van der Waals surface area contributed by atoms with E-state index < -0.39 is 12.1 Å². The average Bonchev–Trinajstić information content (AvgIpc) is 2.46. The summed E-state index contributed by atoms with van der Waals surface area (Å²) in [5, 5.41) is 7.78. The van der Waals surface area contributed by atoms with Crippen LogP contribution in [0.1, 0.15) is 5.56 Å². The number of ether oxygens (including phenoxy) is 1. The van der Waals surface area contributed by atoms with Crippen molar-refractivity contribution >= 4 is 35.3 Å². The fraction of sp³-hybridized carbons (Fsp3) is 0.385. The van der Waals surface area contributed by atoms with Gasteiger partial charge in [0.05, 0.1) is 18.6 Å². The summed E-state index contributed by atoms with van der Waals surface area (Å²) in [6.45, 7) is 0.616. The SMILES string of the molecule is COC(=O)Cc1ccc(SCCN)c(Cl)c1.O=C(O)C(F)(F)F. The second-order valence-electron chi connectivity index (χ2n) is 3.96. The van der Waals surface area contributed by atoms with Gasteiger partial charge >= 0.3 is 18.1 Å². The van der Waals surface area contributed by atoms with Gasteiger partial charge < -0.3 is 15.6 Å². The van der Waals surface area contributed by atoms with E-state index in [0.717, 1.165) is 16.2 Å². The van der Waals surface area contributed by atoms with Crippen molar-refractivity contribution in [1.82, 2.24) is 0 Å². The zero-order chi connectivity index (χ0) is 18.0. The third kappa shape index (κ3) is 9.32. The highest BCUT2D eigenvalue weighted by Gasteiger charge is 2.38. The van der Waals surface area contributed by atoms with E-state index in [4.69, 9.17) is 27.2 Å². The summed E-state index contributed by atoms with van der Waals surface area (Å²) in [5.41, 5.74) is 6.27. The second kappa shape index (κ2) is 10.3. The normalized spacial score (nSPS) is 10.5. The lowest BCUT2D eigenvalue weighted by atomic mass is 10.1. The Labute approximate surface area is 139 Å². The highest BCUT2D eigenvalue weighted by Crippen LogP contribution is 2.27. The summed E-state index contributed by atoms with van der Waals surface area (Å²) in [4.78, 5) is 20.9. The second-order valence-corrected chi connectivity index (χ2v) is 5.50. The number of methoxy groups -OCH3 is 1. The number of rotatable bonds is 5. The summed E-state index contributed by atoms with van der Waals surface area (Å²) in [6.07, 6.45) is -4.84. The molecule has 0 radical (unpaired) electrons. The molecular weight excluding hydrogens is 359 g/mol. The third-order valence-electron chi connectivity index (χ3n) is 2.19. The van der Waals surface area contributed by atoms with E-state index in [1.54, 1.807) is 17.8 Å². The number of hydrogen-bond donors (Lipinski definition) is 2. The summed E-state index contributed by atoms with van der Waals surface area (Å²) in [6, 6.07) is 5.57. The summed E-state index contributed by atoms with van der Waals surface area (Å²) >= 11 is 7.69. The van der Waals surface area contributed by atoms with Gasteiger partial charge in [0.25, 0.3) is 0 Å². The topological polar surface area (TPSA) is 89.6 Å². The Balaban J connectivity index is 0.000000585. The van der Waals surface area contributed by atoms with Gasteiger partial charge in [-0.1, -0.05) is 17.7 Å². The molecule has 0 saturated heterocycles. The molecule has 23 heavy (non-hydrogen) atoms.